The number of hydrogen-bond acceptors (Lipinski definition) is 4. The third kappa shape index (κ3) is 2.52. The van der Waals surface area contributed by atoms with Gasteiger partial charge in [0.2, 0.25) is 0 Å². The zero-order chi connectivity index (χ0) is 12.3. The van der Waals surface area contributed by atoms with Crippen molar-refractivity contribution < 1.29 is 4.74 Å². The lowest BCUT2D eigenvalue weighted by Gasteiger charge is -2.44. The molecule has 0 aliphatic carbocycles. The number of nitrogens with one attached hydrogen (secondary N) is 1. The minimum atomic E-state index is 0.0679. The van der Waals surface area contributed by atoms with Gasteiger partial charge in [0.1, 0.15) is 0 Å². The molecule has 1 N–H and O–H groups in total. The Hall–Kier alpha value is -1.29. The molecule has 94 valence electrons. The van der Waals surface area contributed by atoms with E-state index in [1.165, 1.54) is 0 Å². The minimum Gasteiger partial charge on any atom is -0.490 e. The SMILES string of the molecule is CCOc1cccnc1N1CCNCC1(C)C. The number of hydrogen-bond donors (Lipinski definition) is 1. The van der Waals surface area contributed by atoms with E-state index in [1.54, 1.807) is 0 Å². The second kappa shape index (κ2) is 4.92. The van der Waals surface area contributed by atoms with E-state index in [0.717, 1.165) is 31.2 Å². The normalized spacial score (nSPS) is 19.1. The highest BCUT2D eigenvalue weighted by molar-refractivity contribution is 5.54. The van der Waals surface area contributed by atoms with Gasteiger partial charge in [-0.1, -0.05) is 0 Å². The van der Waals surface area contributed by atoms with Crippen LogP contribution in [0.15, 0.2) is 18.3 Å². The first-order chi connectivity index (χ1) is 8.15. The van der Waals surface area contributed by atoms with Crippen molar-refractivity contribution in [2.24, 2.45) is 0 Å². The van der Waals surface area contributed by atoms with E-state index < -0.39 is 0 Å². The van der Waals surface area contributed by atoms with Crippen LogP contribution in [0.5, 0.6) is 5.75 Å². The summed E-state index contributed by atoms with van der Waals surface area (Å²) in [5.74, 6) is 1.84. The predicted molar refractivity (Wildman–Crippen MR) is 69.7 cm³/mol. The van der Waals surface area contributed by atoms with Gasteiger partial charge in [-0.15, -0.1) is 0 Å². The fourth-order valence-corrected chi connectivity index (χ4v) is 2.23. The second-order valence-electron chi connectivity index (χ2n) is 4.90. The average molecular weight is 235 g/mol. The molecule has 0 spiro atoms. The molecule has 1 aliphatic heterocycles. The summed E-state index contributed by atoms with van der Waals surface area (Å²) in [6.45, 7) is 10.0. The monoisotopic (exact) mass is 235 g/mol. The van der Waals surface area contributed by atoms with Gasteiger partial charge in [0, 0.05) is 31.4 Å². The van der Waals surface area contributed by atoms with E-state index in [1.807, 2.05) is 25.3 Å². The number of ether oxygens (including phenoxy) is 1. The summed E-state index contributed by atoms with van der Waals surface area (Å²) in [7, 11) is 0. The maximum atomic E-state index is 5.66. The van der Waals surface area contributed by atoms with E-state index >= 15 is 0 Å². The molecule has 0 unspecified atom stereocenters. The highest BCUT2D eigenvalue weighted by Gasteiger charge is 2.32. The fraction of sp³-hybridized carbons (Fsp3) is 0.615. The van der Waals surface area contributed by atoms with Crippen molar-refractivity contribution in [2.45, 2.75) is 26.3 Å². The van der Waals surface area contributed by atoms with Crippen molar-refractivity contribution in [2.75, 3.05) is 31.1 Å². The van der Waals surface area contributed by atoms with Gasteiger partial charge in [0.15, 0.2) is 11.6 Å². The molecule has 4 nitrogen and oxygen atoms in total. The van der Waals surface area contributed by atoms with Gasteiger partial charge in [-0.05, 0) is 32.9 Å². The van der Waals surface area contributed by atoms with Gasteiger partial charge < -0.3 is 15.0 Å². The summed E-state index contributed by atoms with van der Waals surface area (Å²) in [6.07, 6.45) is 1.83. The molecule has 1 fully saturated rings. The molecule has 0 amide bonds. The van der Waals surface area contributed by atoms with E-state index in [-0.39, 0.29) is 5.54 Å². The Kier molecular flexibility index (Phi) is 3.52. The van der Waals surface area contributed by atoms with Crippen LogP contribution in [0.1, 0.15) is 20.8 Å². The topological polar surface area (TPSA) is 37.4 Å². The average Bonchev–Trinajstić information content (AvgIpc) is 2.30. The molecular weight excluding hydrogens is 214 g/mol. The summed E-state index contributed by atoms with van der Waals surface area (Å²) in [5, 5.41) is 3.42. The molecule has 1 aromatic heterocycles. The van der Waals surface area contributed by atoms with Gasteiger partial charge >= 0.3 is 0 Å². The summed E-state index contributed by atoms with van der Waals surface area (Å²) < 4.78 is 5.66. The Bertz CT molecular complexity index is 379. The van der Waals surface area contributed by atoms with Crippen molar-refractivity contribution >= 4 is 5.82 Å². The number of rotatable bonds is 3. The Labute approximate surface area is 103 Å². The van der Waals surface area contributed by atoms with Crippen molar-refractivity contribution in [1.82, 2.24) is 10.3 Å². The lowest BCUT2D eigenvalue weighted by molar-refractivity contribution is 0.328. The number of aromatic nitrogens is 1. The first kappa shape index (κ1) is 12.2. The van der Waals surface area contributed by atoms with E-state index in [2.05, 4.69) is 29.0 Å². The zero-order valence-electron chi connectivity index (χ0n) is 10.9. The van der Waals surface area contributed by atoms with E-state index in [4.69, 9.17) is 4.74 Å². The van der Waals surface area contributed by atoms with Crippen LogP contribution in [0.25, 0.3) is 0 Å². The van der Waals surface area contributed by atoms with Crippen LogP contribution in [0, 0.1) is 0 Å². The van der Waals surface area contributed by atoms with Crippen molar-refractivity contribution in [3.8, 4) is 5.75 Å². The highest BCUT2D eigenvalue weighted by Crippen LogP contribution is 2.31. The van der Waals surface area contributed by atoms with Crippen LogP contribution in [-0.4, -0.2) is 36.8 Å². The standard InChI is InChI=1S/C13H21N3O/c1-4-17-11-6-5-7-15-12(11)16-9-8-14-10-13(16,2)3/h5-7,14H,4,8-10H2,1-3H3. The van der Waals surface area contributed by atoms with Gasteiger partial charge in [-0.3, -0.25) is 0 Å². The lowest BCUT2D eigenvalue weighted by atomic mass is 10.00. The highest BCUT2D eigenvalue weighted by atomic mass is 16.5. The Balaban J connectivity index is 2.31. The number of anilines is 1. The molecule has 1 saturated heterocycles. The van der Waals surface area contributed by atoms with Crippen LogP contribution >= 0.6 is 0 Å². The van der Waals surface area contributed by atoms with Crippen molar-refractivity contribution in [3.63, 3.8) is 0 Å². The number of nitrogens with zero attached hydrogens (tertiary/aromatic N) is 2. The quantitative estimate of drug-likeness (QED) is 0.864. The molecule has 0 radical (unpaired) electrons. The second-order valence-corrected chi connectivity index (χ2v) is 4.90. The van der Waals surface area contributed by atoms with Gasteiger partial charge in [0.25, 0.3) is 0 Å². The van der Waals surface area contributed by atoms with Crippen LogP contribution < -0.4 is 15.0 Å². The minimum absolute atomic E-state index is 0.0679. The third-order valence-electron chi connectivity index (χ3n) is 3.11. The van der Waals surface area contributed by atoms with Crippen LogP contribution in [0.2, 0.25) is 0 Å². The summed E-state index contributed by atoms with van der Waals surface area (Å²) in [5.41, 5.74) is 0.0679. The predicted octanol–water partition coefficient (Wildman–Crippen LogP) is 1.67. The van der Waals surface area contributed by atoms with Crippen LogP contribution in [0.3, 0.4) is 0 Å². The molecule has 1 aliphatic rings. The van der Waals surface area contributed by atoms with Crippen molar-refractivity contribution in [3.05, 3.63) is 18.3 Å². The van der Waals surface area contributed by atoms with E-state index in [0.29, 0.717) is 6.61 Å². The molecule has 0 aromatic carbocycles. The largest absolute Gasteiger partial charge is 0.490 e. The molecule has 0 bridgehead atoms. The van der Waals surface area contributed by atoms with Gasteiger partial charge in [-0.25, -0.2) is 4.98 Å². The van der Waals surface area contributed by atoms with Gasteiger partial charge in [-0.2, -0.15) is 0 Å². The Morgan fingerprint density at radius 3 is 3.06 bits per heavy atom. The number of piperazine rings is 1. The lowest BCUT2D eigenvalue weighted by Crippen LogP contribution is -2.58. The summed E-state index contributed by atoms with van der Waals surface area (Å²) in [4.78, 5) is 6.82. The van der Waals surface area contributed by atoms with E-state index in [9.17, 15) is 0 Å². The Morgan fingerprint density at radius 2 is 2.35 bits per heavy atom. The first-order valence-corrected chi connectivity index (χ1v) is 6.21. The maximum Gasteiger partial charge on any atom is 0.171 e. The molecule has 2 heterocycles. The molecule has 17 heavy (non-hydrogen) atoms. The number of pyridine rings is 1. The maximum absolute atomic E-state index is 5.66. The third-order valence-corrected chi connectivity index (χ3v) is 3.11. The smallest absolute Gasteiger partial charge is 0.171 e. The van der Waals surface area contributed by atoms with Crippen LogP contribution in [0.4, 0.5) is 5.82 Å². The molecule has 1 aromatic rings. The fourth-order valence-electron chi connectivity index (χ4n) is 2.23. The molecule has 4 heteroatoms. The van der Waals surface area contributed by atoms with Gasteiger partial charge in [0.05, 0.1) is 6.61 Å². The molecule has 2 rings (SSSR count). The summed E-state index contributed by atoms with van der Waals surface area (Å²) in [6, 6.07) is 3.91. The first-order valence-electron chi connectivity index (χ1n) is 6.21. The van der Waals surface area contributed by atoms with Crippen molar-refractivity contribution in [1.29, 1.82) is 0 Å². The molecule has 0 atom stereocenters. The zero-order valence-corrected chi connectivity index (χ0v) is 10.9. The van der Waals surface area contributed by atoms with Crippen LogP contribution in [-0.2, 0) is 0 Å². The summed E-state index contributed by atoms with van der Waals surface area (Å²) >= 11 is 0. The molecular formula is C13H21N3O. The molecule has 0 saturated carbocycles. The Morgan fingerprint density at radius 1 is 1.53 bits per heavy atom.